The highest BCUT2D eigenvalue weighted by Gasteiger charge is 2.28. The van der Waals surface area contributed by atoms with E-state index in [1.165, 1.54) is 19.2 Å². The van der Waals surface area contributed by atoms with Crippen molar-refractivity contribution in [3.8, 4) is 5.75 Å². The summed E-state index contributed by atoms with van der Waals surface area (Å²) >= 11 is 0. The molecule has 1 aliphatic heterocycles. The predicted molar refractivity (Wildman–Crippen MR) is 134 cm³/mol. The first kappa shape index (κ1) is 24.3. The Labute approximate surface area is 205 Å². The summed E-state index contributed by atoms with van der Waals surface area (Å²) in [5.74, 6) is -0.191. The van der Waals surface area contributed by atoms with E-state index in [-0.39, 0.29) is 10.8 Å². The normalized spacial score (nSPS) is 13.3. The lowest BCUT2D eigenvalue weighted by Crippen LogP contribution is -2.38. The number of nitrogens with one attached hydrogen (secondary N) is 1. The van der Waals surface area contributed by atoms with Crippen molar-refractivity contribution in [3.05, 3.63) is 84.4 Å². The number of amides is 2. The molecule has 0 unspecified atom stereocenters. The largest absolute Gasteiger partial charge is 0.497 e. The second-order valence-corrected chi connectivity index (χ2v) is 9.98. The van der Waals surface area contributed by atoms with E-state index in [1.807, 2.05) is 0 Å². The van der Waals surface area contributed by atoms with Gasteiger partial charge in [-0.1, -0.05) is 30.3 Å². The fourth-order valence-electron chi connectivity index (χ4n) is 3.97. The highest BCUT2D eigenvalue weighted by molar-refractivity contribution is 7.92. The summed E-state index contributed by atoms with van der Waals surface area (Å²) in [5.41, 5.74) is 1.08. The Balaban J connectivity index is 1.60. The van der Waals surface area contributed by atoms with Gasteiger partial charge in [-0.05, 0) is 61.4 Å². The van der Waals surface area contributed by atoms with Crippen molar-refractivity contribution in [2.75, 3.05) is 36.4 Å². The van der Waals surface area contributed by atoms with Crippen LogP contribution in [0.1, 0.15) is 23.2 Å². The number of benzene rings is 3. The summed E-state index contributed by atoms with van der Waals surface area (Å²) in [5, 5.41) is 2.74. The van der Waals surface area contributed by atoms with E-state index in [0.29, 0.717) is 35.8 Å². The summed E-state index contributed by atoms with van der Waals surface area (Å²) in [4.78, 5) is 27.8. The van der Waals surface area contributed by atoms with Gasteiger partial charge in [0.25, 0.3) is 15.9 Å². The van der Waals surface area contributed by atoms with Crippen molar-refractivity contribution in [2.45, 2.75) is 17.7 Å². The number of hydrogen-bond acceptors (Lipinski definition) is 5. The molecule has 3 aromatic rings. The molecule has 1 fully saturated rings. The van der Waals surface area contributed by atoms with Gasteiger partial charge >= 0.3 is 0 Å². The first-order valence-corrected chi connectivity index (χ1v) is 12.7. The zero-order valence-corrected chi connectivity index (χ0v) is 20.2. The monoisotopic (exact) mass is 493 g/mol. The Morgan fingerprint density at radius 1 is 0.914 bits per heavy atom. The summed E-state index contributed by atoms with van der Waals surface area (Å²) in [6.45, 7) is 0.899. The van der Waals surface area contributed by atoms with Gasteiger partial charge in [-0.3, -0.25) is 13.9 Å². The summed E-state index contributed by atoms with van der Waals surface area (Å²) < 4.78 is 33.2. The molecule has 0 bridgehead atoms. The summed E-state index contributed by atoms with van der Waals surface area (Å²) in [6.07, 6.45) is 1.91. The van der Waals surface area contributed by atoms with Crippen LogP contribution < -0.4 is 14.4 Å². The Hall–Kier alpha value is -3.85. The van der Waals surface area contributed by atoms with E-state index in [0.717, 1.165) is 17.1 Å². The molecule has 0 atom stereocenters. The molecular weight excluding hydrogens is 466 g/mol. The first-order chi connectivity index (χ1) is 16.9. The zero-order valence-electron chi connectivity index (χ0n) is 19.4. The van der Waals surface area contributed by atoms with Crippen molar-refractivity contribution in [1.29, 1.82) is 0 Å². The van der Waals surface area contributed by atoms with E-state index in [1.54, 1.807) is 71.6 Å². The smallest absolute Gasteiger partial charge is 0.264 e. The van der Waals surface area contributed by atoms with Gasteiger partial charge in [0, 0.05) is 13.1 Å². The fourth-order valence-corrected chi connectivity index (χ4v) is 5.39. The van der Waals surface area contributed by atoms with Crippen molar-refractivity contribution >= 4 is 33.2 Å². The highest BCUT2D eigenvalue weighted by Crippen LogP contribution is 2.26. The van der Waals surface area contributed by atoms with E-state index in [9.17, 15) is 18.0 Å². The number of carbonyl (C=O) groups is 2. The van der Waals surface area contributed by atoms with Crippen molar-refractivity contribution < 1.29 is 22.7 Å². The molecule has 0 radical (unpaired) electrons. The Bertz CT molecular complexity index is 1290. The maximum absolute atomic E-state index is 13.5. The van der Waals surface area contributed by atoms with Crippen molar-refractivity contribution in [3.63, 3.8) is 0 Å². The molecule has 1 aliphatic rings. The second kappa shape index (κ2) is 10.6. The lowest BCUT2D eigenvalue weighted by atomic mass is 10.1. The fraction of sp³-hybridized carbons (Fsp3) is 0.231. The van der Waals surface area contributed by atoms with Crippen LogP contribution in [0.5, 0.6) is 5.75 Å². The van der Waals surface area contributed by atoms with Gasteiger partial charge in [0.2, 0.25) is 5.91 Å². The third-order valence-electron chi connectivity index (χ3n) is 5.80. The number of carbonyl (C=O) groups excluding carboxylic acids is 2. The summed E-state index contributed by atoms with van der Waals surface area (Å²) in [6, 6.07) is 21.2. The minimum absolute atomic E-state index is 0.0274. The number of para-hydroxylation sites is 2. The summed E-state index contributed by atoms with van der Waals surface area (Å²) in [7, 11) is -2.57. The minimum Gasteiger partial charge on any atom is -0.497 e. The van der Waals surface area contributed by atoms with Gasteiger partial charge in [0.05, 0.1) is 28.9 Å². The Morgan fingerprint density at radius 2 is 1.54 bits per heavy atom. The van der Waals surface area contributed by atoms with E-state index in [4.69, 9.17) is 4.74 Å². The van der Waals surface area contributed by atoms with Gasteiger partial charge in [0.1, 0.15) is 12.3 Å². The third-order valence-corrected chi connectivity index (χ3v) is 7.59. The number of ether oxygens (including phenoxy) is 1. The molecule has 8 nitrogen and oxygen atoms in total. The highest BCUT2D eigenvalue weighted by atomic mass is 32.2. The number of rotatable bonds is 8. The molecule has 182 valence electrons. The molecule has 1 N–H and O–H groups in total. The molecule has 35 heavy (non-hydrogen) atoms. The van der Waals surface area contributed by atoms with Crippen LogP contribution in [0.3, 0.4) is 0 Å². The van der Waals surface area contributed by atoms with Crippen LogP contribution >= 0.6 is 0 Å². The van der Waals surface area contributed by atoms with Gasteiger partial charge in [0.15, 0.2) is 0 Å². The van der Waals surface area contributed by atoms with Crippen LogP contribution in [0.25, 0.3) is 0 Å². The molecule has 3 aromatic carbocycles. The van der Waals surface area contributed by atoms with Crippen LogP contribution in [0.2, 0.25) is 0 Å². The maximum Gasteiger partial charge on any atom is 0.264 e. The molecule has 0 aromatic heterocycles. The van der Waals surface area contributed by atoms with E-state index >= 15 is 0 Å². The average molecular weight is 494 g/mol. The number of likely N-dealkylation sites (tertiary alicyclic amines) is 1. The second-order valence-electron chi connectivity index (χ2n) is 8.12. The minimum atomic E-state index is -4.06. The lowest BCUT2D eigenvalue weighted by Gasteiger charge is -2.24. The van der Waals surface area contributed by atoms with Gasteiger partial charge < -0.3 is 15.0 Å². The quantitative estimate of drug-likeness (QED) is 0.515. The van der Waals surface area contributed by atoms with Crippen LogP contribution in [-0.4, -0.2) is 51.9 Å². The van der Waals surface area contributed by atoms with Gasteiger partial charge in [-0.15, -0.1) is 0 Å². The lowest BCUT2D eigenvalue weighted by molar-refractivity contribution is -0.114. The molecule has 1 saturated heterocycles. The standard InChI is InChI=1S/C26H27N3O5S/c1-34-21-13-15-22(16-14-21)35(32,33)29(20-9-3-2-4-10-20)19-25(30)27-24-12-6-5-11-23(24)26(31)28-17-7-8-18-28/h2-6,9-16H,7-8,17-19H2,1H3,(H,27,30). The topological polar surface area (TPSA) is 96.0 Å². The molecule has 0 aliphatic carbocycles. The average Bonchev–Trinajstić information content (AvgIpc) is 3.43. The number of nitrogens with zero attached hydrogens (tertiary/aromatic N) is 2. The van der Waals surface area contributed by atoms with Crippen LogP contribution in [0.15, 0.2) is 83.8 Å². The molecule has 9 heteroatoms. The molecule has 0 spiro atoms. The predicted octanol–water partition coefficient (Wildman–Crippen LogP) is 3.77. The number of hydrogen-bond donors (Lipinski definition) is 1. The molecule has 0 saturated carbocycles. The molecule has 4 rings (SSSR count). The number of anilines is 2. The maximum atomic E-state index is 13.5. The number of sulfonamides is 1. The Morgan fingerprint density at radius 3 is 2.20 bits per heavy atom. The molecule has 2 amide bonds. The molecular formula is C26H27N3O5S. The number of methoxy groups -OCH3 is 1. The Kier molecular flexibility index (Phi) is 7.36. The van der Waals surface area contributed by atoms with Crippen LogP contribution in [0, 0.1) is 0 Å². The van der Waals surface area contributed by atoms with E-state index in [2.05, 4.69) is 5.32 Å². The van der Waals surface area contributed by atoms with Crippen molar-refractivity contribution in [1.82, 2.24) is 4.90 Å². The zero-order chi connectivity index (χ0) is 24.8. The van der Waals surface area contributed by atoms with Crippen LogP contribution in [-0.2, 0) is 14.8 Å². The third kappa shape index (κ3) is 5.46. The van der Waals surface area contributed by atoms with Gasteiger partial charge in [-0.25, -0.2) is 8.42 Å². The SMILES string of the molecule is COc1ccc(S(=O)(=O)N(CC(=O)Nc2ccccc2C(=O)N2CCCC2)c2ccccc2)cc1. The first-order valence-electron chi connectivity index (χ1n) is 11.3. The van der Waals surface area contributed by atoms with E-state index < -0.39 is 22.5 Å². The van der Waals surface area contributed by atoms with Crippen molar-refractivity contribution in [2.24, 2.45) is 0 Å². The van der Waals surface area contributed by atoms with Gasteiger partial charge in [-0.2, -0.15) is 0 Å². The molecule has 1 heterocycles. The van der Waals surface area contributed by atoms with Crippen LogP contribution in [0.4, 0.5) is 11.4 Å².